The zero-order valence-electron chi connectivity index (χ0n) is 7.64. The number of phenolic OH excluding ortho intramolecular Hbond substituents is 1. The second-order valence-corrected chi connectivity index (χ2v) is 2.83. The number of aliphatic hydroxyl groups excluding tert-OH is 1. The lowest BCUT2D eigenvalue weighted by atomic mass is 10.1. The van der Waals surface area contributed by atoms with Gasteiger partial charge in [-0.1, -0.05) is 12.1 Å². The third-order valence-corrected chi connectivity index (χ3v) is 1.79. The minimum Gasteiger partial charge on any atom is -0.508 e. The molecule has 0 aromatic heterocycles. The highest BCUT2D eigenvalue weighted by Gasteiger charge is 2.08. The molecule has 0 saturated heterocycles. The molecule has 0 bridgehead atoms. The number of nitrogens with one attached hydrogen (secondary N) is 1. The van der Waals surface area contributed by atoms with Crippen LogP contribution in [0, 0.1) is 11.3 Å². The van der Waals surface area contributed by atoms with Crippen molar-refractivity contribution in [2.75, 3.05) is 13.2 Å². The van der Waals surface area contributed by atoms with Gasteiger partial charge in [-0.2, -0.15) is 5.26 Å². The van der Waals surface area contributed by atoms with Crippen molar-refractivity contribution >= 4 is 0 Å². The van der Waals surface area contributed by atoms with E-state index < -0.39 is 6.04 Å². The maximum absolute atomic E-state index is 9.20. The van der Waals surface area contributed by atoms with Crippen molar-refractivity contribution in [3.8, 4) is 11.8 Å². The molecule has 14 heavy (non-hydrogen) atoms. The second kappa shape index (κ2) is 5.22. The summed E-state index contributed by atoms with van der Waals surface area (Å²) in [5, 5.41) is 29.4. The van der Waals surface area contributed by atoms with E-state index in [4.69, 9.17) is 10.4 Å². The molecule has 3 N–H and O–H groups in total. The molecule has 4 heteroatoms. The first-order valence-electron chi connectivity index (χ1n) is 4.30. The van der Waals surface area contributed by atoms with Crippen LogP contribution in [0.15, 0.2) is 24.3 Å². The average Bonchev–Trinajstić information content (AvgIpc) is 2.19. The molecule has 74 valence electrons. The second-order valence-electron chi connectivity index (χ2n) is 2.83. The molecule has 0 fully saturated rings. The molecule has 0 aliphatic carbocycles. The number of aliphatic hydroxyl groups is 1. The molecule has 0 radical (unpaired) electrons. The van der Waals surface area contributed by atoms with Crippen LogP contribution in [0.25, 0.3) is 0 Å². The molecule has 0 saturated carbocycles. The molecule has 0 aliphatic rings. The van der Waals surface area contributed by atoms with Gasteiger partial charge in [-0.3, -0.25) is 5.32 Å². The Morgan fingerprint density at radius 1 is 1.50 bits per heavy atom. The van der Waals surface area contributed by atoms with Crippen LogP contribution in [0.1, 0.15) is 11.6 Å². The third-order valence-electron chi connectivity index (χ3n) is 1.79. The highest BCUT2D eigenvalue weighted by atomic mass is 16.3. The Hall–Kier alpha value is -1.57. The maximum atomic E-state index is 9.20. The molecular weight excluding hydrogens is 180 g/mol. The fourth-order valence-electron chi connectivity index (χ4n) is 1.15. The topological polar surface area (TPSA) is 76.3 Å². The first-order chi connectivity index (χ1) is 6.77. The highest BCUT2D eigenvalue weighted by Crippen LogP contribution is 2.17. The van der Waals surface area contributed by atoms with Gasteiger partial charge in [-0.05, 0) is 17.7 Å². The monoisotopic (exact) mass is 192 g/mol. The third kappa shape index (κ3) is 2.73. The van der Waals surface area contributed by atoms with Crippen LogP contribution in [-0.4, -0.2) is 23.4 Å². The predicted molar refractivity (Wildman–Crippen MR) is 51.5 cm³/mol. The van der Waals surface area contributed by atoms with Crippen LogP contribution in [0.5, 0.6) is 5.75 Å². The zero-order chi connectivity index (χ0) is 10.4. The minimum atomic E-state index is -0.491. The molecule has 1 aromatic carbocycles. The van der Waals surface area contributed by atoms with Gasteiger partial charge in [-0.25, -0.2) is 0 Å². The van der Waals surface area contributed by atoms with Gasteiger partial charge in [0.2, 0.25) is 0 Å². The Balaban J connectivity index is 2.75. The Bertz CT molecular complexity index is 333. The molecule has 1 atom stereocenters. The van der Waals surface area contributed by atoms with Gasteiger partial charge in [-0.15, -0.1) is 0 Å². The summed E-state index contributed by atoms with van der Waals surface area (Å²) in [5.41, 5.74) is 0.695. The molecule has 1 aromatic rings. The SMILES string of the molecule is N#CC(NCCO)c1cccc(O)c1. The summed E-state index contributed by atoms with van der Waals surface area (Å²) >= 11 is 0. The lowest BCUT2D eigenvalue weighted by Gasteiger charge is -2.10. The largest absolute Gasteiger partial charge is 0.508 e. The van der Waals surface area contributed by atoms with Gasteiger partial charge in [0.15, 0.2) is 0 Å². The summed E-state index contributed by atoms with van der Waals surface area (Å²) in [7, 11) is 0. The van der Waals surface area contributed by atoms with Crippen LogP contribution < -0.4 is 5.32 Å². The Morgan fingerprint density at radius 2 is 2.29 bits per heavy atom. The van der Waals surface area contributed by atoms with E-state index in [2.05, 4.69) is 5.32 Å². The van der Waals surface area contributed by atoms with Crippen molar-refractivity contribution in [2.24, 2.45) is 0 Å². The molecule has 0 aliphatic heterocycles. The van der Waals surface area contributed by atoms with Gasteiger partial charge in [0.25, 0.3) is 0 Å². The smallest absolute Gasteiger partial charge is 0.121 e. The first-order valence-corrected chi connectivity index (χ1v) is 4.30. The van der Waals surface area contributed by atoms with E-state index in [1.807, 2.05) is 6.07 Å². The van der Waals surface area contributed by atoms with Crippen LogP contribution >= 0.6 is 0 Å². The van der Waals surface area contributed by atoms with E-state index in [1.165, 1.54) is 6.07 Å². The van der Waals surface area contributed by atoms with Crippen molar-refractivity contribution in [3.05, 3.63) is 29.8 Å². The zero-order valence-corrected chi connectivity index (χ0v) is 7.64. The first kappa shape index (κ1) is 10.5. The number of rotatable bonds is 4. The predicted octanol–water partition coefficient (Wildman–Crippen LogP) is 0.539. The summed E-state index contributed by atoms with van der Waals surface area (Å²) in [5.74, 6) is 0.133. The number of phenols is 1. The van der Waals surface area contributed by atoms with Gasteiger partial charge in [0.1, 0.15) is 11.8 Å². The quantitative estimate of drug-likeness (QED) is 0.650. The number of benzene rings is 1. The van der Waals surface area contributed by atoms with E-state index in [-0.39, 0.29) is 12.4 Å². The maximum Gasteiger partial charge on any atom is 0.121 e. The Morgan fingerprint density at radius 3 is 2.86 bits per heavy atom. The van der Waals surface area contributed by atoms with Crippen LogP contribution in [0.4, 0.5) is 0 Å². The molecule has 0 spiro atoms. The number of hydrogen-bond acceptors (Lipinski definition) is 4. The van der Waals surface area contributed by atoms with Crippen LogP contribution in [0.3, 0.4) is 0 Å². The molecule has 1 rings (SSSR count). The highest BCUT2D eigenvalue weighted by molar-refractivity contribution is 5.31. The number of nitriles is 1. The van der Waals surface area contributed by atoms with Gasteiger partial charge >= 0.3 is 0 Å². The summed E-state index contributed by atoms with van der Waals surface area (Å²) in [6, 6.07) is 8.05. The van der Waals surface area contributed by atoms with E-state index >= 15 is 0 Å². The number of nitrogens with zero attached hydrogens (tertiary/aromatic N) is 1. The van der Waals surface area contributed by atoms with E-state index in [9.17, 15) is 5.11 Å². The molecule has 0 amide bonds. The summed E-state index contributed by atoms with van der Waals surface area (Å²) < 4.78 is 0. The van der Waals surface area contributed by atoms with Crippen LogP contribution in [0.2, 0.25) is 0 Å². The molecule has 0 heterocycles. The van der Waals surface area contributed by atoms with E-state index in [0.717, 1.165) is 0 Å². The Labute approximate surface area is 82.4 Å². The van der Waals surface area contributed by atoms with Gasteiger partial charge in [0.05, 0.1) is 12.7 Å². The Kier molecular flexibility index (Phi) is 3.92. The number of hydrogen-bond donors (Lipinski definition) is 3. The normalized spacial score (nSPS) is 12.0. The van der Waals surface area contributed by atoms with Gasteiger partial charge in [0, 0.05) is 6.54 Å². The van der Waals surface area contributed by atoms with Crippen molar-refractivity contribution < 1.29 is 10.2 Å². The standard InChI is InChI=1S/C10H12N2O2/c11-7-10(12-4-5-13)8-2-1-3-9(14)6-8/h1-3,6,10,12-14H,4-5H2. The molecule has 1 unspecified atom stereocenters. The molecular formula is C10H12N2O2. The van der Waals surface area contributed by atoms with Crippen molar-refractivity contribution in [1.82, 2.24) is 5.32 Å². The van der Waals surface area contributed by atoms with Gasteiger partial charge < -0.3 is 10.2 Å². The number of aromatic hydroxyl groups is 1. The van der Waals surface area contributed by atoms with E-state index in [1.54, 1.807) is 18.2 Å². The summed E-state index contributed by atoms with van der Waals surface area (Å²) in [4.78, 5) is 0. The van der Waals surface area contributed by atoms with Crippen molar-refractivity contribution in [3.63, 3.8) is 0 Å². The summed E-state index contributed by atoms with van der Waals surface area (Å²) in [6.07, 6.45) is 0. The lowest BCUT2D eigenvalue weighted by molar-refractivity contribution is 0.289. The minimum absolute atomic E-state index is 0.0169. The molecule has 4 nitrogen and oxygen atoms in total. The van der Waals surface area contributed by atoms with Crippen molar-refractivity contribution in [1.29, 1.82) is 5.26 Å². The van der Waals surface area contributed by atoms with E-state index in [0.29, 0.717) is 12.1 Å². The lowest BCUT2D eigenvalue weighted by Crippen LogP contribution is -2.23. The summed E-state index contributed by atoms with van der Waals surface area (Å²) in [6.45, 7) is 0.338. The van der Waals surface area contributed by atoms with Crippen molar-refractivity contribution in [2.45, 2.75) is 6.04 Å². The fourth-order valence-corrected chi connectivity index (χ4v) is 1.15. The average molecular weight is 192 g/mol. The van der Waals surface area contributed by atoms with Crippen LogP contribution in [-0.2, 0) is 0 Å². The fraction of sp³-hybridized carbons (Fsp3) is 0.300.